The van der Waals surface area contributed by atoms with E-state index < -0.39 is 0 Å². The van der Waals surface area contributed by atoms with Crippen LogP contribution in [0.3, 0.4) is 0 Å². The number of aryl methyl sites for hydroxylation is 2. The molecule has 5 fully saturated rings. The number of ether oxygens (including phenoxy) is 2. The Bertz CT molecular complexity index is 1480. The fourth-order valence-electron chi connectivity index (χ4n) is 8.72. The number of esters is 2. The molecule has 4 nitrogen and oxygen atoms in total. The number of hydrogen-bond acceptors (Lipinski definition) is 10. The topological polar surface area (TPSA) is 52.6 Å². The summed E-state index contributed by atoms with van der Waals surface area (Å²) in [6.07, 6.45) is 25.0. The summed E-state index contributed by atoms with van der Waals surface area (Å²) < 4.78 is 10.8. The van der Waals surface area contributed by atoms with Crippen LogP contribution in [-0.4, -0.2) is 75.9 Å². The van der Waals surface area contributed by atoms with Crippen molar-refractivity contribution in [3.05, 3.63) is 59.7 Å². The van der Waals surface area contributed by atoms with Crippen LogP contribution >= 0.6 is 70.6 Å². The molecule has 0 aliphatic carbocycles. The highest BCUT2D eigenvalue weighted by molar-refractivity contribution is 8.09. The number of carbonyl (C=O) groups is 2. The van der Waals surface area contributed by atoms with Gasteiger partial charge in [0.1, 0.15) is 11.5 Å². The van der Waals surface area contributed by atoms with Crippen LogP contribution in [0, 0.1) is 0 Å². The lowest BCUT2D eigenvalue weighted by Crippen LogP contribution is -2.25. The Balaban J connectivity index is 0.652. The predicted molar refractivity (Wildman–Crippen MR) is 259 cm³/mol. The van der Waals surface area contributed by atoms with Gasteiger partial charge in [-0.05, 0) is 99.6 Å². The molecule has 0 aromatic heterocycles. The number of benzene rings is 2. The SMILES string of the molecule is CCC(=O)Oc1cccc(CCCCCCCC2SC2CC2SC2CC2CSCC(CC3SC3CC3SC3CCCCCCCc3cccc(OC(=O)CC)c3)S2)c1. The number of carbonyl (C=O) groups excluding carboxylic acids is 2. The molecule has 5 aliphatic heterocycles. The summed E-state index contributed by atoms with van der Waals surface area (Å²) in [5.74, 6) is 3.83. The van der Waals surface area contributed by atoms with Gasteiger partial charge >= 0.3 is 11.9 Å². The number of rotatable bonds is 28. The lowest BCUT2D eigenvalue weighted by atomic mass is 10.0. The lowest BCUT2D eigenvalue weighted by Gasteiger charge is -2.28. The monoisotopic (exact) mass is 900 g/mol. The highest BCUT2D eigenvalue weighted by Crippen LogP contribution is 2.58. The van der Waals surface area contributed by atoms with Crippen molar-refractivity contribution in [3.63, 3.8) is 0 Å². The molecule has 320 valence electrons. The van der Waals surface area contributed by atoms with E-state index in [1.807, 2.05) is 50.2 Å². The minimum Gasteiger partial charge on any atom is -0.427 e. The first-order valence-corrected chi connectivity index (χ1v) is 28.7. The van der Waals surface area contributed by atoms with Crippen LogP contribution in [0.1, 0.15) is 141 Å². The molecule has 7 rings (SSSR count). The van der Waals surface area contributed by atoms with Crippen molar-refractivity contribution < 1.29 is 19.1 Å². The number of thioether (sulfide) groups is 6. The molecule has 2 aromatic carbocycles. The summed E-state index contributed by atoms with van der Waals surface area (Å²) in [6.45, 7) is 3.67. The zero-order valence-corrected chi connectivity index (χ0v) is 39.9. The van der Waals surface area contributed by atoms with E-state index >= 15 is 0 Å². The van der Waals surface area contributed by atoms with Gasteiger partial charge in [-0.1, -0.05) is 89.5 Å². The van der Waals surface area contributed by atoms with E-state index in [2.05, 4.69) is 82.7 Å². The van der Waals surface area contributed by atoms with E-state index in [1.165, 1.54) is 125 Å². The first-order chi connectivity index (χ1) is 28.4. The fourth-order valence-corrected chi connectivity index (χ4v) is 17.5. The third-order valence-corrected chi connectivity index (χ3v) is 21.4. The van der Waals surface area contributed by atoms with Crippen molar-refractivity contribution in [2.75, 3.05) is 11.5 Å². The van der Waals surface area contributed by atoms with E-state index in [1.54, 1.807) is 0 Å². The fraction of sp³-hybridized carbons (Fsp3) is 0.708. The van der Waals surface area contributed by atoms with Crippen molar-refractivity contribution >= 4 is 82.5 Å². The summed E-state index contributed by atoms with van der Waals surface area (Å²) in [6, 6.07) is 16.1. The van der Waals surface area contributed by atoms with Crippen LogP contribution < -0.4 is 9.47 Å². The molecule has 0 saturated carbocycles. The van der Waals surface area contributed by atoms with E-state index in [0.29, 0.717) is 24.3 Å². The highest BCUT2D eigenvalue weighted by Gasteiger charge is 2.49. The zero-order chi connectivity index (χ0) is 40.1. The van der Waals surface area contributed by atoms with Gasteiger partial charge in [-0.3, -0.25) is 9.59 Å². The summed E-state index contributed by atoms with van der Waals surface area (Å²) in [5.41, 5.74) is 2.55. The van der Waals surface area contributed by atoms with Crippen LogP contribution in [0.4, 0.5) is 0 Å². The van der Waals surface area contributed by atoms with Crippen molar-refractivity contribution in [1.29, 1.82) is 0 Å². The molecule has 2 aromatic rings. The molecule has 5 saturated heterocycles. The zero-order valence-electron chi connectivity index (χ0n) is 35.0. The van der Waals surface area contributed by atoms with Gasteiger partial charge in [-0.2, -0.15) is 70.6 Å². The van der Waals surface area contributed by atoms with Gasteiger partial charge in [0.15, 0.2) is 0 Å². The average molecular weight is 901 g/mol. The molecule has 5 aliphatic rings. The maximum atomic E-state index is 11.6. The largest absolute Gasteiger partial charge is 0.427 e. The molecule has 10 unspecified atom stereocenters. The standard InChI is InChI=1S/C48H68O4S6/c1-3-47(49)51-35-21-15-19-33(25-35)17-11-7-5-9-13-23-39-43(55-39)29-45-41(57-45)27-37-31-53-32-38(54-37)28-42-46(58-42)30-44-40(56-44)24-14-10-6-8-12-18-34-20-16-22-36(26-34)52-48(50)4-2/h15-16,19-22,25-26,37-46H,3-14,17-18,23-24,27-32H2,1-2H3. The van der Waals surface area contributed by atoms with Crippen LogP contribution in [-0.2, 0) is 22.4 Å². The predicted octanol–water partition coefficient (Wildman–Crippen LogP) is 13.5. The second-order valence-electron chi connectivity index (χ2n) is 17.3. The summed E-state index contributed by atoms with van der Waals surface area (Å²) in [7, 11) is 0. The average Bonchev–Trinajstić information content (AvgIpc) is 4.07. The first kappa shape index (κ1) is 45.5. The summed E-state index contributed by atoms with van der Waals surface area (Å²) in [4.78, 5) is 23.2. The first-order valence-electron chi connectivity index (χ1n) is 22.9. The van der Waals surface area contributed by atoms with E-state index in [4.69, 9.17) is 9.47 Å². The Hall–Kier alpha value is -0.520. The van der Waals surface area contributed by atoms with Gasteiger partial charge in [0, 0.05) is 76.8 Å². The van der Waals surface area contributed by atoms with Crippen LogP contribution in [0.2, 0.25) is 0 Å². The third-order valence-electron chi connectivity index (χ3n) is 12.4. The van der Waals surface area contributed by atoms with Crippen LogP contribution in [0.15, 0.2) is 48.5 Å². The Morgan fingerprint density at radius 3 is 1.36 bits per heavy atom. The lowest BCUT2D eigenvalue weighted by molar-refractivity contribution is -0.134. The summed E-state index contributed by atoms with van der Waals surface area (Å²) in [5, 5.41) is 9.42. The second kappa shape index (κ2) is 23.8. The second-order valence-corrected chi connectivity index (χ2v) is 25.9. The number of hydrogen-bond donors (Lipinski definition) is 0. The highest BCUT2D eigenvalue weighted by atomic mass is 32.2. The molecule has 0 N–H and O–H groups in total. The number of unbranched alkanes of at least 4 members (excludes halogenated alkanes) is 8. The van der Waals surface area contributed by atoms with Crippen molar-refractivity contribution in [2.24, 2.45) is 0 Å². The van der Waals surface area contributed by atoms with Crippen LogP contribution in [0.25, 0.3) is 0 Å². The van der Waals surface area contributed by atoms with Gasteiger partial charge in [-0.25, -0.2) is 0 Å². The van der Waals surface area contributed by atoms with E-state index in [-0.39, 0.29) is 11.9 Å². The van der Waals surface area contributed by atoms with Gasteiger partial charge in [0.25, 0.3) is 0 Å². The Labute approximate surface area is 376 Å². The maximum absolute atomic E-state index is 11.6. The van der Waals surface area contributed by atoms with Crippen molar-refractivity contribution in [2.45, 2.75) is 195 Å². The Morgan fingerprint density at radius 2 is 0.897 bits per heavy atom. The molecular weight excluding hydrogens is 833 g/mol. The minimum absolute atomic E-state index is 0.162. The molecule has 0 bridgehead atoms. The Kier molecular flexibility index (Phi) is 18.7. The van der Waals surface area contributed by atoms with E-state index in [9.17, 15) is 9.59 Å². The van der Waals surface area contributed by atoms with Gasteiger partial charge in [0.2, 0.25) is 0 Å². The quantitative estimate of drug-likeness (QED) is 0.0357. The molecule has 0 radical (unpaired) electrons. The van der Waals surface area contributed by atoms with Gasteiger partial charge in [-0.15, -0.1) is 0 Å². The van der Waals surface area contributed by atoms with Crippen molar-refractivity contribution in [1.82, 2.24) is 0 Å². The minimum atomic E-state index is -0.162. The normalized spacial score (nSPS) is 29.5. The molecule has 10 heteroatoms. The smallest absolute Gasteiger partial charge is 0.310 e. The summed E-state index contributed by atoms with van der Waals surface area (Å²) >= 11 is 13.9. The van der Waals surface area contributed by atoms with Crippen LogP contribution in [0.5, 0.6) is 11.5 Å². The molecule has 0 spiro atoms. The Morgan fingerprint density at radius 1 is 0.500 bits per heavy atom. The van der Waals surface area contributed by atoms with E-state index in [0.717, 1.165) is 65.3 Å². The van der Waals surface area contributed by atoms with Gasteiger partial charge < -0.3 is 9.47 Å². The molecule has 10 atom stereocenters. The molecular formula is C48H68O4S6. The molecule has 5 heterocycles. The van der Waals surface area contributed by atoms with Gasteiger partial charge in [0.05, 0.1) is 0 Å². The molecule has 0 amide bonds. The third kappa shape index (κ3) is 16.0. The maximum Gasteiger partial charge on any atom is 0.310 e. The molecule has 58 heavy (non-hydrogen) atoms. The van der Waals surface area contributed by atoms with Crippen molar-refractivity contribution in [3.8, 4) is 11.5 Å².